The minimum absolute atomic E-state index is 0.602. The van der Waals surface area contributed by atoms with Crippen molar-refractivity contribution >= 4 is 0 Å². The van der Waals surface area contributed by atoms with Crippen LogP contribution in [0.2, 0.25) is 0 Å². The zero-order chi connectivity index (χ0) is 10.4. The van der Waals surface area contributed by atoms with Gasteiger partial charge in [-0.15, -0.1) is 0 Å². The van der Waals surface area contributed by atoms with E-state index in [-0.39, 0.29) is 0 Å². The van der Waals surface area contributed by atoms with Crippen LogP contribution in [-0.4, -0.2) is 22.4 Å². The molecule has 1 rings (SSSR count). The Hall–Kier alpha value is -0.830. The highest BCUT2D eigenvalue weighted by Gasteiger charge is 2.03. The first-order valence-corrected chi connectivity index (χ1v) is 5.39. The summed E-state index contributed by atoms with van der Waals surface area (Å²) in [6, 6.07) is 2.56. The Kier molecular flexibility index (Phi) is 4.66. The van der Waals surface area contributed by atoms with Crippen LogP contribution in [0.25, 0.3) is 0 Å². The van der Waals surface area contributed by atoms with E-state index < -0.39 is 0 Å². The molecular weight excluding hydrogens is 174 g/mol. The molecule has 0 bridgehead atoms. The predicted octanol–water partition coefficient (Wildman–Crippen LogP) is 1.91. The molecule has 0 aliphatic heterocycles. The summed E-state index contributed by atoms with van der Waals surface area (Å²) in [5.74, 6) is 0.766. The van der Waals surface area contributed by atoms with E-state index in [9.17, 15) is 0 Å². The smallest absolute Gasteiger partial charge is 0.0534 e. The lowest BCUT2D eigenvalue weighted by Gasteiger charge is -2.15. The third-order valence-electron chi connectivity index (χ3n) is 2.22. The molecule has 0 fully saturated rings. The van der Waals surface area contributed by atoms with Crippen molar-refractivity contribution < 1.29 is 0 Å². The quantitative estimate of drug-likeness (QED) is 0.751. The van der Waals surface area contributed by atoms with Gasteiger partial charge in [-0.3, -0.25) is 4.68 Å². The molecule has 0 spiro atoms. The van der Waals surface area contributed by atoms with Gasteiger partial charge in [-0.2, -0.15) is 5.10 Å². The number of aromatic nitrogens is 2. The molecule has 1 atom stereocenters. The zero-order valence-corrected chi connectivity index (χ0v) is 9.40. The van der Waals surface area contributed by atoms with Crippen molar-refractivity contribution in [3.05, 3.63) is 18.5 Å². The Morgan fingerprint density at radius 3 is 2.71 bits per heavy atom. The van der Waals surface area contributed by atoms with Crippen LogP contribution in [-0.2, 0) is 6.54 Å². The SMILES string of the molecule is CC(C)CC(C)NCCn1cccn1. The second kappa shape index (κ2) is 5.81. The summed E-state index contributed by atoms with van der Waals surface area (Å²) >= 11 is 0. The minimum atomic E-state index is 0.602. The molecule has 0 amide bonds. The van der Waals surface area contributed by atoms with Crippen LogP contribution < -0.4 is 5.32 Å². The fourth-order valence-electron chi connectivity index (χ4n) is 1.65. The molecule has 0 aliphatic carbocycles. The van der Waals surface area contributed by atoms with Crippen LogP contribution in [0.15, 0.2) is 18.5 Å². The van der Waals surface area contributed by atoms with Gasteiger partial charge in [-0.25, -0.2) is 0 Å². The van der Waals surface area contributed by atoms with E-state index in [1.54, 1.807) is 0 Å². The van der Waals surface area contributed by atoms with Gasteiger partial charge < -0.3 is 5.32 Å². The van der Waals surface area contributed by atoms with E-state index in [1.165, 1.54) is 6.42 Å². The highest BCUT2D eigenvalue weighted by Crippen LogP contribution is 2.03. The third-order valence-corrected chi connectivity index (χ3v) is 2.22. The second-order valence-electron chi connectivity index (χ2n) is 4.25. The van der Waals surface area contributed by atoms with Gasteiger partial charge >= 0.3 is 0 Å². The molecule has 3 nitrogen and oxygen atoms in total. The molecular formula is C11H21N3. The van der Waals surface area contributed by atoms with E-state index >= 15 is 0 Å². The van der Waals surface area contributed by atoms with Crippen molar-refractivity contribution in [1.82, 2.24) is 15.1 Å². The minimum Gasteiger partial charge on any atom is -0.312 e. The summed E-state index contributed by atoms with van der Waals surface area (Å²) in [6.07, 6.45) is 5.05. The molecule has 14 heavy (non-hydrogen) atoms. The standard InChI is InChI=1S/C11H21N3/c1-10(2)9-11(3)12-6-8-14-7-4-5-13-14/h4-5,7,10-12H,6,8-9H2,1-3H3. The fraction of sp³-hybridized carbons (Fsp3) is 0.727. The monoisotopic (exact) mass is 195 g/mol. The van der Waals surface area contributed by atoms with Gasteiger partial charge in [0.25, 0.3) is 0 Å². The molecule has 1 aromatic heterocycles. The summed E-state index contributed by atoms with van der Waals surface area (Å²) in [6.45, 7) is 8.70. The first kappa shape index (κ1) is 11.2. The molecule has 3 heteroatoms. The molecule has 0 saturated carbocycles. The van der Waals surface area contributed by atoms with Gasteiger partial charge in [0.1, 0.15) is 0 Å². The van der Waals surface area contributed by atoms with Crippen molar-refractivity contribution in [2.45, 2.75) is 39.8 Å². The molecule has 0 saturated heterocycles. The van der Waals surface area contributed by atoms with Crippen molar-refractivity contribution in [2.75, 3.05) is 6.54 Å². The number of hydrogen-bond donors (Lipinski definition) is 1. The summed E-state index contributed by atoms with van der Waals surface area (Å²) in [7, 11) is 0. The zero-order valence-electron chi connectivity index (χ0n) is 9.40. The summed E-state index contributed by atoms with van der Waals surface area (Å²) in [5, 5.41) is 7.64. The Bertz CT molecular complexity index is 229. The largest absolute Gasteiger partial charge is 0.312 e. The van der Waals surface area contributed by atoms with Crippen LogP contribution in [0.3, 0.4) is 0 Å². The van der Waals surface area contributed by atoms with E-state index in [1.807, 2.05) is 23.1 Å². The molecule has 1 unspecified atom stereocenters. The third kappa shape index (κ3) is 4.42. The lowest BCUT2D eigenvalue weighted by Crippen LogP contribution is -2.30. The maximum absolute atomic E-state index is 4.15. The van der Waals surface area contributed by atoms with E-state index in [2.05, 4.69) is 31.2 Å². The topological polar surface area (TPSA) is 29.9 Å². The number of nitrogens with one attached hydrogen (secondary N) is 1. The van der Waals surface area contributed by atoms with Crippen LogP contribution in [0, 0.1) is 5.92 Å². The molecule has 1 heterocycles. The fourth-order valence-corrected chi connectivity index (χ4v) is 1.65. The maximum Gasteiger partial charge on any atom is 0.0534 e. The van der Waals surface area contributed by atoms with Gasteiger partial charge in [0.15, 0.2) is 0 Å². The van der Waals surface area contributed by atoms with Crippen LogP contribution in [0.4, 0.5) is 0 Å². The van der Waals surface area contributed by atoms with Gasteiger partial charge in [-0.1, -0.05) is 13.8 Å². The van der Waals surface area contributed by atoms with E-state index in [0.717, 1.165) is 19.0 Å². The van der Waals surface area contributed by atoms with Gasteiger partial charge in [-0.05, 0) is 25.3 Å². The van der Waals surface area contributed by atoms with Crippen molar-refractivity contribution in [3.8, 4) is 0 Å². The molecule has 0 aliphatic rings. The second-order valence-corrected chi connectivity index (χ2v) is 4.25. The van der Waals surface area contributed by atoms with E-state index in [0.29, 0.717) is 6.04 Å². The highest BCUT2D eigenvalue weighted by atomic mass is 15.3. The molecule has 1 aromatic rings. The molecule has 80 valence electrons. The summed E-state index contributed by atoms with van der Waals surface area (Å²) in [5.41, 5.74) is 0. The van der Waals surface area contributed by atoms with Crippen LogP contribution in [0.1, 0.15) is 27.2 Å². The first-order chi connectivity index (χ1) is 6.68. The van der Waals surface area contributed by atoms with Gasteiger partial charge in [0.05, 0.1) is 6.54 Å². The number of hydrogen-bond acceptors (Lipinski definition) is 2. The average molecular weight is 195 g/mol. The van der Waals surface area contributed by atoms with Crippen molar-refractivity contribution in [3.63, 3.8) is 0 Å². The van der Waals surface area contributed by atoms with Gasteiger partial charge in [0, 0.05) is 25.0 Å². The average Bonchev–Trinajstić information content (AvgIpc) is 2.55. The van der Waals surface area contributed by atoms with Crippen LogP contribution in [0.5, 0.6) is 0 Å². The molecule has 0 radical (unpaired) electrons. The molecule has 0 aromatic carbocycles. The lowest BCUT2D eigenvalue weighted by atomic mass is 10.1. The molecule has 1 N–H and O–H groups in total. The highest BCUT2D eigenvalue weighted by molar-refractivity contribution is 4.77. The van der Waals surface area contributed by atoms with Crippen molar-refractivity contribution in [1.29, 1.82) is 0 Å². The summed E-state index contributed by atoms with van der Waals surface area (Å²) < 4.78 is 1.95. The van der Waals surface area contributed by atoms with Crippen molar-refractivity contribution in [2.24, 2.45) is 5.92 Å². The van der Waals surface area contributed by atoms with Gasteiger partial charge in [0.2, 0.25) is 0 Å². The van der Waals surface area contributed by atoms with E-state index in [4.69, 9.17) is 0 Å². The maximum atomic E-state index is 4.15. The number of rotatable bonds is 6. The Labute approximate surface area is 86.5 Å². The Morgan fingerprint density at radius 2 is 2.14 bits per heavy atom. The van der Waals surface area contributed by atoms with Crippen LogP contribution >= 0.6 is 0 Å². The Morgan fingerprint density at radius 1 is 1.36 bits per heavy atom. The summed E-state index contributed by atoms with van der Waals surface area (Å²) in [4.78, 5) is 0. The first-order valence-electron chi connectivity index (χ1n) is 5.39. The predicted molar refractivity (Wildman–Crippen MR) is 59.1 cm³/mol. The Balaban J connectivity index is 2.09. The lowest BCUT2D eigenvalue weighted by molar-refractivity contribution is 0.426. The normalized spacial score (nSPS) is 13.4. The number of nitrogens with zero attached hydrogens (tertiary/aromatic N) is 2.